The lowest BCUT2D eigenvalue weighted by atomic mass is 9.74. The first-order chi connectivity index (χ1) is 32.1. The second-order valence-corrected chi connectivity index (χ2v) is 21.2. The van der Waals surface area contributed by atoms with E-state index in [0.29, 0.717) is 0 Å². The summed E-state index contributed by atoms with van der Waals surface area (Å²) in [6.45, 7) is 21.6. The first-order valence-corrected chi connectivity index (χ1v) is 24.6. The Kier molecular flexibility index (Phi) is 21.4. The third-order valence-electron chi connectivity index (χ3n) is 14.4. The number of ketones is 1. The maximum atomic E-state index is 15.1. The van der Waals surface area contributed by atoms with E-state index in [9.17, 15) is 35.1 Å². The minimum absolute atomic E-state index is 0.0199. The highest BCUT2D eigenvalue weighted by atomic mass is 16.7. The molecule has 0 aromatic carbocycles. The highest BCUT2D eigenvalue weighted by molar-refractivity contribution is 5.90. The third-order valence-corrected chi connectivity index (χ3v) is 14.4. The van der Waals surface area contributed by atoms with E-state index in [-0.39, 0.29) is 43.9 Å². The quantitative estimate of drug-likeness (QED) is 0.124. The van der Waals surface area contributed by atoms with Crippen molar-refractivity contribution in [3.8, 4) is 0 Å². The zero-order valence-electron chi connectivity index (χ0n) is 43.6. The Hall–Kier alpha value is -2.44. The molecule has 400 valence electrons. The molecule has 0 spiro atoms. The summed E-state index contributed by atoms with van der Waals surface area (Å²) >= 11 is 0. The van der Waals surface area contributed by atoms with Gasteiger partial charge in [-0.15, -0.1) is 0 Å². The van der Waals surface area contributed by atoms with Crippen LogP contribution in [0.3, 0.4) is 0 Å². The van der Waals surface area contributed by atoms with Gasteiger partial charge < -0.3 is 77.7 Å². The van der Waals surface area contributed by atoms with Crippen molar-refractivity contribution in [1.82, 2.24) is 0 Å². The predicted molar refractivity (Wildman–Crippen MR) is 247 cm³/mol. The average Bonchev–Trinajstić information content (AvgIpc) is 3.26. The summed E-state index contributed by atoms with van der Waals surface area (Å²) in [5.41, 5.74) is -3.45. The number of rotatable bonds is 14. The number of oxime groups is 1. The monoisotopic (exact) mass is 992 g/mol. The van der Waals surface area contributed by atoms with Crippen molar-refractivity contribution >= 4 is 23.4 Å². The number of cyclic esters (lactones) is 1. The van der Waals surface area contributed by atoms with Crippen LogP contribution in [0.2, 0.25) is 0 Å². The number of carbonyl (C=O) groups is 3. The van der Waals surface area contributed by atoms with Gasteiger partial charge in [0.2, 0.25) is 0 Å². The molecule has 4 rings (SSSR count). The number of Topliss-reactive ketones (excluding diaryl/α,β-unsaturated/α-hetero) is 1. The third kappa shape index (κ3) is 14.4. The minimum Gasteiger partial charge on any atom is -0.461 e. The van der Waals surface area contributed by atoms with Gasteiger partial charge in [-0.2, -0.15) is 0 Å². The summed E-state index contributed by atoms with van der Waals surface area (Å²) in [5, 5.41) is 60.8. The molecule has 4 fully saturated rings. The molecule has 4 aliphatic heterocycles. The Labute approximate surface area is 408 Å². The molecule has 0 radical (unpaired) electrons. The molecular weight excluding hydrogens is 907 g/mol. The topological polar surface area (TPSA) is 266 Å². The molecule has 20 heteroatoms. The minimum atomic E-state index is -2.07. The molecule has 5 N–H and O–H groups in total. The lowest BCUT2D eigenvalue weighted by Crippen LogP contribution is -2.59. The lowest BCUT2D eigenvalue weighted by molar-refractivity contribution is -0.305. The van der Waals surface area contributed by atoms with Crippen molar-refractivity contribution in [3.63, 3.8) is 0 Å². The molecule has 4 heterocycles. The van der Waals surface area contributed by atoms with E-state index in [0.717, 1.165) is 0 Å². The normalized spacial score (nSPS) is 45.4. The van der Waals surface area contributed by atoms with Crippen molar-refractivity contribution in [2.24, 2.45) is 46.6 Å². The Morgan fingerprint density at radius 2 is 1.41 bits per heavy atom. The zero-order valence-corrected chi connectivity index (χ0v) is 43.6. The fourth-order valence-electron chi connectivity index (χ4n) is 10.6. The molecule has 0 amide bonds. The molecule has 4 saturated heterocycles. The molecule has 0 saturated carbocycles. The Balaban J connectivity index is 1.88. The number of esters is 2. The standard InChI is InChI=1S/C49H85NO19/c1-22(2)17-33(51)66-39-27(7)38(24(4)21-62-47-42(60-15)41(59-14)35(52)30(10)65-47)68-45(56)29(9)40(67-34-20-49(13,58)44(55)31(11)64-34)26(6)37(23(3)19-48(12,57)43(54)28(39)8)69-46-36(53)32(50-61-16)18-25(5)63-46/h22-31,34-42,44,46-47,52-53,55,57-58H,17-21H2,1-16H3/b50-32+/t23-,24?,25+,26+,27-,28+,29+,30+,31-,34-,35+,36+,37-,38+,39+,40-,41+,42+,44-,46-,47+,48-,49+/m0/s1. The number of hydrogen-bond donors (Lipinski definition) is 5. The van der Waals surface area contributed by atoms with Crippen LogP contribution >= 0.6 is 0 Å². The maximum absolute atomic E-state index is 15.1. The highest BCUT2D eigenvalue weighted by Gasteiger charge is 2.52. The maximum Gasteiger partial charge on any atom is 0.311 e. The molecule has 69 heavy (non-hydrogen) atoms. The van der Waals surface area contributed by atoms with E-state index in [4.69, 9.17) is 52.2 Å². The zero-order chi connectivity index (χ0) is 52.0. The molecule has 0 aromatic rings. The average molecular weight is 992 g/mol. The molecule has 0 aliphatic carbocycles. The van der Waals surface area contributed by atoms with Crippen LogP contribution in [0.5, 0.6) is 0 Å². The van der Waals surface area contributed by atoms with Gasteiger partial charge in [-0.3, -0.25) is 14.4 Å². The Morgan fingerprint density at radius 1 is 0.768 bits per heavy atom. The largest absolute Gasteiger partial charge is 0.461 e. The second-order valence-electron chi connectivity index (χ2n) is 21.2. The molecule has 0 bridgehead atoms. The van der Waals surface area contributed by atoms with E-state index in [1.807, 2.05) is 13.8 Å². The molecular formula is C49H85NO19. The van der Waals surface area contributed by atoms with Crippen LogP contribution in [0.25, 0.3) is 0 Å². The predicted octanol–water partition coefficient (Wildman–Crippen LogP) is 3.06. The number of methoxy groups -OCH3 is 2. The molecule has 4 aliphatic rings. The molecule has 20 nitrogen and oxygen atoms in total. The summed E-state index contributed by atoms with van der Waals surface area (Å²) < 4.78 is 62.0. The van der Waals surface area contributed by atoms with Crippen molar-refractivity contribution in [1.29, 1.82) is 0 Å². The van der Waals surface area contributed by atoms with Crippen LogP contribution in [0.1, 0.15) is 116 Å². The van der Waals surface area contributed by atoms with Crippen LogP contribution in [0.15, 0.2) is 5.16 Å². The number of nitrogens with zero attached hydrogens (tertiary/aromatic N) is 1. The van der Waals surface area contributed by atoms with E-state index < -0.39 is 157 Å². The molecule has 0 aromatic heterocycles. The van der Waals surface area contributed by atoms with Crippen LogP contribution in [-0.4, -0.2) is 180 Å². The van der Waals surface area contributed by atoms with Crippen LogP contribution < -0.4 is 0 Å². The first-order valence-electron chi connectivity index (χ1n) is 24.6. The van der Waals surface area contributed by atoms with Gasteiger partial charge in [-0.25, -0.2) is 0 Å². The van der Waals surface area contributed by atoms with Crippen LogP contribution in [0, 0.1) is 41.4 Å². The molecule has 23 atom stereocenters. The summed E-state index contributed by atoms with van der Waals surface area (Å²) in [4.78, 5) is 48.5. The number of aliphatic hydroxyl groups excluding tert-OH is 3. The van der Waals surface area contributed by atoms with E-state index in [1.165, 1.54) is 35.2 Å². The van der Waals surface area contributed by atoms with E-state index >= 15 is 4.79 Å². The fraction of sp³-hybridized carbons (Fsp3) is 0.918. The Morgan fingerprint density at radius 3 is 1.99 bits per heavy atom. The van der Waals surface area contributed by atoms with Crippen molar-refractivity contribution in [3.05, 3.63) is 0 Å². The van der Waals surface area contributed by atoms with Gasteiger partial charge in [-0.05, 0) is 59.8 Å². The lowest BCUT2D eigenvalue weighted by Gasteiger charge is -2.46. The highest BCUT2D eigenvalue weighted by Crippen LogP contribution is 2.40. The van der Waals surface area contributed by atoms with Gasteiger partial charge in [0.25, 0.3) is 0 Å². The van der Waals surface area contributed by atoms with Gasteiger partial charge >= 0.3 is 11.9 Å². The summed E-state index contributed by atoms with van der Waals surface area (Å²) in [5.74, 6) is -7.58. The van der Waals surface area contributed by atoms with Gasteiger partial charge in [0.15, 0.2) is 24.7 Å². The van der Waals surface area contributed by atoms with Crippen LogP contribution in [0.4, 0.5) is 0 Å². The van der Waals surface area contributed by atoms with E-state index in [2.05, 4.69) is 5.16 Å². The second kappa shape index (κ2) is 25.0. The van der Waals surface area contributed by atoms with Crippen molar-refractivity contribution in [2.75, 3.05) is 27.9 Å². The number of ether oxygens (including phenoxy) is 10. The van der Waals surface area contributed by atoms with Gasteiger partial charge in [-0.1, -0.05) is 53.6 Å². The molecule has 1 unspecified atom stereocenters. The summed E-state index contributed by atoms with van der Waals surface area (Å²) in [6.07, 6.45) is -15.6. The Bertz CT molecular complexity index is 1700. The number of aliphatic hydroxyl groups is 5. The van der Waals surface area contributed by atoms with E-state index in [1.54, 1.807) is 62.3 Å². The summed E-state index contributed by atoms with van der Waals surface area (Å²) in [7, 11) is 4.23. The SMILES string of the molecule is CO/N=C1\C[C@@H](C)O[C@@H](O[C@@H]2[C@@H](C)[C@H](O[C@H]3C[C@@](C)(O)[C@@H](O)[C@H](C)O3)[C@@H](C)C(=O)O[C@H](C(C)CO[C@@H]3O[C@H](C)[C@@H](O)[C@@H](OC)[C@H]3OC)[C@H](C)[C@@H](OC(=O)CC(C)C)[C@@H](C)C(=O)[C@@](C)(O)C[C@@H]2C)[C@@H]1O. The fourth-order valence-corrected chi connectivity index (χ4v) is 10.6. The van der Waals surface area contributed by atoms with Crippen LogP contribution in [-0.2, 0) is 66.6 Å². The smallest absolute Gasteiger partial charge is 0.311 e. The van der Waals surface area contributed by atoms with Crippen molar-refractivity contribution < 1.29 is 92.1 Å². The van der Waals surface area contributed by atoms with Gasteiger partial charge in [0.1, 0.15) is 55.4 Å². The van der Waals surface area contributed by atoms with Gasteiger partial charge in [0, 0.05) is 51.2 Å². The number of carbonyl (C=O) groups excluding carboxylic acids is 3. The number of hydrogen-bond acceptors (Lipinski definition) is 20. The van der Waals surface area contributed by atoms with Gasteiger partial charge in [0.05, 0.1) is 60.3 Å². The first kappa shape index (κ1) is 59.1. The summed E-state index contributed by atoms with van der Waals surface area (Å²) in [6, 6.07) is 0. The van der Waals surface area contributed by atoms with Crippen molar-refractivity contribution in [2.45, 2.75) is 219 Å².